The second kappa shape index (κ2) is 8.30. The van der Waals surface area contributed by atoms with Gasteiger partial charge in [0.1, 0.15) is 5.75 Å². The molecule has 8 nitrogen and oxygen atoms in total. The van der Waals surface area contributed by atoms with E-state index in [0.717, 1.165) is 6.20 Å². The molecule has 9 heteroatoms. The Hall–Kier alpha value is -3.75. The molecule has 0 radical (unpaired) electrons. The normalized spacial score (nSPS) is 10.3. The lowest BCUT2D eigenvalue weighted by atomic mass is 10.2. The number of benzene rings is 2. The number of hydrogen-bond donors (Lipinski definition) is 3. The van der Waals surface area contributed by atoms with Crippen molar-refractivity contribution in [1.82, 2.24) is 9.97 Å². The average molecular weight is 386 g/mol. The van der Waals surface area contributed by atoms with Crippen molar-refractivity contribution in [3.8, 4) is 23.0 Å². The SMILES string of the molecule is COc1cc(Nc2ncc(F)c(Nc3cccc(O)c3)n2)cc(OC)c1OC. The van der Waals surface area contributed by atoms with Crippen molar-refractivity contribution in [2.24, 2.45) is 0 Å². The summed E-state index contributed by atoms with van der Waals surface area (Å²) in [6, 6.07) is 9.62. The smallest absolute Gasteiger partial charge is 0.229 e. The van der Waals surface area contributed by atoms with Gasteiger partial charge in [-0.3, -0.25) is 0 Å². The van der Waals surface area contributed by atoms with Gasteiger partial charge in [0.2, 0.25) is 11.7 Å². The van der Waals surface area contributed by atoms with E-state index in [9.17, 15) is 9.50 Å². The van der Waals surface area contributed by atoms with Crippen LogP contribution in [0.15, 0.2) is 42.6 Å². The maximum Gasteiger partial charge on any atom is 0.229 e. The molecule has 0 saturated heterocycles. The van der Waals surface area contributed by atoms with Crippen LogP contribution in [0.3, 0.4) is 0 Å². The summed E-state index contributed by atoms with van der Waals surface area (Å²) in [5.41, 5.74) is 1.04. The topological polar surface area (TPSA) is 97.8 Å². The molecule has 3 rings (SSSR count). The molecular formula is C19H19FN4O4. The number of rotatable bonds is 7. The zero-order chi connectivity index (χ0) is 20.1. The largest absolute Gasteiger partial charge is 0.508 e. The van der Waals surface area contributed by atoms with Gasteiger partial charge < -0.3 is 30.0 Å². The number of aromatic hydroxyl groups is 1. The van der Waals surface area contributed by atoms with Crippen LogP contribution in [-0.4, -0.2) is 36.4 Å². The number of methoxy groups -OCH3 is 3. The third-order valence-electron chi connectivity index (χ3n) is 3.77. The van der Waals surface area contributed by atoms with Gasteiger partial charge in [-0.2, -0.15) is 4.98 Å². The number of phenolic OH excluding ortho intramolecular Hbond substituents is 1. The molecule has 0 fully saturated rings. The molecule has 1 heterocycles. The molecule has 0 spiro atoms. The molecule has 0 aliphatic heterocycles. The van der Waals surface area contributed by atoms with Gasteiger partial charge >= 0.3 is 0 Å². The maximum absolute atomic E-state index is 14.1. The summed E-state index contributed by atoms with van der Waals surface area (Å²) in [5.74, 6) is 0.860. The van der Waals surface area contributed by atoms with E-state index in [2.05, 4.69) is 20.6 Å². The predicted octanol–water partition coefficient (Wildman–Crippen LogP) is 3.83. The first-order valence-corrected chi connectivity index (χ1v) is 8.19. The minimum Gasteiger partial charge on any atom is -0.508 e. The van der Waals surface area contributed by atoms with Crippen molar-refractivity contribution in [3.05, 3.63) is 48.4 Å². The molecule has 0 saturated carbocycles. The highest BCUT2D eigenvalue weighted by Gasteiger charge is 2.14. The molecule has 0 bridgehead atoms. The summed E-state index contributed by atoms with van der Waals surface area (Å²) in [5, 5.41) is 15.3. The summed E-state index contributed by atoms with van der Waals surface area (Å²) in [6.07, 6.45) is 1.04. The molecule has 3 N–H and O–H groups in total. The molecule has 146 valence electrons. The fraction of sp³-hybridized carbons (Fsp3) is 0.158. The third-order valence-corrected chi connectivity index (χ3v) is 3.77. The fourth-order valence-electron chi connectivity index (χ4n) is 2.52. The Kier molecular flexibility index (Phi) is 5.64. The molecule has 0 atom stereocenters. The number of phenols is 1. The van der Waals surface area contributed by atoms with E-state index < -0.39 is 5.82 Å². The molecule has 1 aromatic heterocycles. The van der Waals surface area contributed by atoms with Gasteiger partial charge in [0, 0.05) is 29.6 Å². The number of hydrogen-bond acceptors (Lipinski definition) is 8. The van der Waals surface area contributed by atoms with Crippen molar-refractivity contribution in [1.29, 1.82) is 0 Å². The minimum absolute atomic E-state index is 0.0458. The first kappa shape index (κ1) is 19.0. The van der Waals surface area contributed by atoms with Crippen LogP contribution in [0, 0.1) is 5.82 Å². The molecule has 0 amide bonds. The molecule has 3 aromatic rings. The number of halogens is 1. The lowest BCUT2D eigenvalue weighted by Gasteiger charge is -2.15. The summed E-state index contributed by atoms with van der Waals surface area (Å²) < 4.78 is 30.0. The van der Waals surface area contributed by atoms with Gasteiger partial charge in [-0.25, -0.2) is 9.37 Å². The van der Waals surface area contributed by atoms with E-state index in [-0.39, 0.29) is 17.5 Å². The maximum atomic E-state index is 14.1. The number of ether oxygens (including phenoxy) is 3. The Morgan fingerprint density at radius 2 is 1.64 bits per heavy atom. The standard InChI is InChI=1S/C19H19FN4O4/c1-26-15-8-12(9-16(27-2)17(15)28-3)23-19-21-10-14(20)18(24-19)22-11-5-4-6-13(25)7-11/h4-10,25H,1-3H3,(H2,21,22,23,24). The Bertz CT molecular complexity index is 959. The number of nitrogens with zero attached hydrogens (tertiary/aromatic N) is 2. The molecule has 0 aliphatic rings. The fourth-order valence-corrected chi connectivity index (χ4v) is 2.52. The summed E-state index contributed by atoms with van der Waals surface area (Å²) in [4.78, 5) is 8.09. The van der Waals surface area contributed by atoms with Crippen molar-refractivity contribution in [3.63, 3.8) is 0 Å². The van der Waals surface area contributed by atoms with Gasteiger partial charge in [0.25, 0.3) is 0 Å². The predicted molar refractivity (Wildman–Crippen MR) is 103 cm³/mol. The van der Waals surface area contributed by atoms with Gasteiger partial charge in [0.05, 0.1) is 27.5 Å². The van der Waals surface area contributed by atoms with Crippen LogP contribution in [0.5, 0.6) is 23.0 Å². The van der Waals surface area contributed by atoms with Crippen LogP contribution in [-0.2, 0) is 0 Å². The van der Waals surface area contributed by atoms with E-state index in [4.69, 9.17) is 14.2 Å². The van der Waals surface area contributed by atoms with Gasteiger partial charge in [-0.05, 0) is 12.1 Å². The highest BCUT2D eigenvalue weighted by Crippen LogP contribution is 2.40. The monoisotopic (exact) mass is 386 g/mol. The van der Waals surface area contributed by atoms with Crippen LogP contribution >= 0.6 is 0 Å². The Balaban J connectivity index is 1.89. The van der Waals surface area contributed by atoms with Crippen LogP contribution in [0.1, 0.15) is 0 Å². The summed E-state index contributed by atoms with van der Waals surface area (Å²) >= 11 is 0. The lowest BCUT2D eigenvalue weighted by Crippen LogP contribution is -2.04. The van der Waals surface area contributed by atoms with E-state index in [1.54, 1.807) is 24.3 Å². The minimum atomic E-state index is -0.640. The van der Waals surface area contributed by atoms with Crippen molar-refractivity contribution < 1.29 is 23.7 Å². The average Bonchev–Trinajstić information content (AvgIpc) is 2.69. The zero-order valence-corrected chi connectivity index (χ0v) is 15.5. The van der Waals surface area contributed by atoms with Gasteiger partial charge in [0.15, 0.2) is 23.1 Å². The lowest BCUT2D eigenvalue weighted by molar-refractivity contribution is 0.324. The Labute approximate surface area is 160 Å². The quantitative estimate of drug-likeness (QED) is 0.564. The van der Waals surface area contributed by atoms with Crippen LogP contribution in [0.2, 0.25) is 0 Å². The zero-order valence-electron chi connectivity index (χ0n) is 15.5. The number of nitrogens with one attached hydrogen (secondary N) is 2. The van der Waals surface area contributed by atoms with Gasteiger partial charge in [-0.15, -0.1) is 0 Å². The number of aromatic nitrogens is 2. The highest BCUT2D eigenvalue weighted by atomic mass is 19.1. The van der Waals surface area contributed by atoms with Crippen molar-refractivity contribution in [2.45, 2.75) is 0 Å². The molecule has 28 heavy (non-hydrogen) atoms. The number of anilines is 4. The van der Waals surface area contributed by atoms with E-state index in [1.165, 1.54) is 33.5 Å². The first-order chi connectivity index (χ1) is 13.5. The van der Waals surface area contributed by atoms with E-state index >= 15 is 0 Å². The highest BCUT2D eigenvalue weighted by molar-refractivity contribution is 5.66. The van der Waals surface area contributed by atoms with Gasteiger partial charge in [-0.1, -0.05) is 6.07 Å². The van der Waals surface area contributed by atoms with Crippen LogP contribution < -0.4 is 24.8 Å². The summed E-state index contributed by atoms with van der Waals surface area (Å²) in [7, 11) is 4.52. The second-order valence-electron chi connectivity index (χ2n) is 5.60. The Morgan fingerprint density at radius 1 is 0.929 bits per heavy atom. The summed E-state index contributed by atoms with van der Waals surface area (Å²) in [6.45, 7) is 0. The first-order valence-electron chi connectivity index (χ1n) is 8.19. The molecule has 2 aromatic carbocycles. The molecular weight excluding hydrogens is 367 g/mol. The molecule has 0 aliphatic carbocycles. The van der Waals surface area contributed by atoms with Crippen LogP contribution in [0.25, 0.3) is 0 Å². The van der Waals surface area contributed by atoms with Crippen molar-refractivity contribution in [2.75, 3.05) is 32.0 Å². The second-order valence-corrected chi connectivity index (χ2v) is 5.60. The van der Waals surface area contributed by atoms with E-state index in [0.29, 0.717) is 28.6 Å². The molecule has 0 unspecified atom stereocenters. The Morgan fingerprint density at radius 3 is 2.25 bits per heavy atom. The van der Waals surface area contributed by atoms with Crippen LogP contribution in [0.4, 0.5) is 27.5 Å². The van der Waals surface area contributed by atoms with E-state index in [1.807, 2.05) is 0 Å². The third kappa shape index (κ3) is 4.14. The van der Waals surface area contributed by atoms with Crippen molar-refractivity contribution >= 4 is 23.1 Å².